The van der Waals surface area contributed by atoms with Gasteiger partial charge in [0.15, 0.2) is 0 Å². The lowest BCUT2D eigenvalue weighted by atomic mass is 9.59. The predicted octanol–water partition coefficient (Wildman–Crippen LogP) is 3.24. The number of hydrogen-bond acceptors (Lipinski definition) is 3. The molecule has 1 aromatic carbocycles. The van der Waals surface area contributed by atoms with E-state index in [-0.39, 0.29) is 0 Å². The molecule has 0 radical (unpaired) electrons. The Morgan fingerprint density at radius 1 is 1.10 bits per heavy atom. The number of aliphatic imine (C=N–C) groups is 1. The van der Waals surface area contributed by atoms with E-state index in [1.54, 1.807) is 0 Å². The van der Waals surface area contributed by atoms with Crippen LogP contribution in [0.2, 0.25) is 0 Å². The predicted molar refractivity (Wildman–Crippen MR) is 84.5 cm³/mol. The first-order valence-corrected chi connectivity index (χ1v) is 8.32. The average molecular weight is 284 g/mol. The second kappa shape index (κ2) is 5.36. The molecule has 4 aliphatic rings. The number of ether oxygens (including phenoxy) is 1. The number of benzene rings is 1. The summed E-state index contributed by atoms with van der Waals surface area (Å²) in [5, 5.41) is 3.65. The SMILES string of the molecule is Cc1ccccc1C1C2CCC(CC2)C1NC1=NCCO1. The van der Waals surface area contributed by atoms with Gasteiger partial charge >= 0.3 is 0 Å². The molecule has 0 amide bonds. The maximum absolute atomic E-state index is 5.62. The van der Waals surface area contributed by atoms with Gasteiger partial charge in [-0.25, -0.2) is 4.99 Å². The van der Waals surface area contributed by atoms with Crippen molar-refractivity contribution < 1.29 is 4.74 Å². The fraction of sp³-hybridized carbons (Fsp3) is 0.611. The molecule has 1 aromatic rings. The van der Waals surface area contributed by atoms with Gasteiger partial charge in [0.05, 0.1) is 6.54 Å². The summed E-state index contributed by atoms with van der Waals surface area (Å²) >= 11 is 0. The number of nitrogens with zero attached hydrogens (tertiary/aromatic N) is 1. The molecule has 1 aliphatic heterocycles. The molecule has 2 bridgehead atoms. The van der Waals surface area contributed by atoms with E-state index in [4.69, 9.17) is 4.74 Å². The molecule has 3 heteroatoms. The van der Waals surface area contributed by atoms with Gasteiger partial charge in [0.2, 0.25) is 0 Å². The molecule has 0 saturated heterocycles. The normalized spacial score (nSPS) is 34.4. The van der Waals surface area contributed by atoms with Crippen LogP contribution < -0.4 is 5.32 Å². The monoisotopic (exact) mass is 284 g/mol. The Hall–Kier alpha value is -1.51. The van der Waals surface area contributed by atoms with Crippen molar-refractivity contribution in [2.24, 2.45) is 16.8 Å². The number of hydrogen-bond donors (Lipinski definition) is 1. The summed E-state index contributed by atoms with van der Waals surface area (Å²) in [6.45, 7) is 3.79. The zero-order valence-electron chi connectivity index (χ0n) is 12.7. The summed E-state index contributed by atoms with van der Waals surface area (Å²) in [6, 6.07) is 10.2. The van der Waals surface area contributed by atoms with Crippen LogP contribution >= 0.6 is 0 Å². The standard InChI is InChI=1S/C18H24N2O/c1-12-4-2-3-5-15(12)16-13-6-8-14(9-7-13)17(16)20-18-19-10-11-21-18/h2-5,13-14,16-17H,6-11H2,1H3,(H,19,20). The third-order valence-corrected chi connectivity index (χ3v) is 5.64. The quantitative estimate of drug-likeness (QED) is 0.904. The molecular formula is C18H24N2O. The van der Waals surface area contributed by atoms with Crippen molar-refractivity contribution in [3.63, 3.8) is 0 Å². The van der Waals surface area contributed by atoms with Crippen LogP contribution in [-0.4, -0.2) is 25.2 Å². The fourth-order valence-electron chi connectivity index (χ4n) is 4.63. The first-order valence-electron chi connectivity index (χ1n) is 8.32. The molecule has 2 atom stereocenters. The molecule has 5 rings (SSSR count). The summed E-state index contributed by atoms with van der Waals surface area (Å²) in [5.41, 5.74) is 2.96. The molecule has 1 N–H and O–H groups in total. The van der Waals surface area contributed by atoms with Crippen LogP contribution in [0, 0.1) is 18.8 Å². The second-order valence-electron chi connectivity index (χ2n) is 6.76. The van der Waals surface area contributed by atoms with E-state index < -0.39 is 0 Å². The molecule has 3 saturated carbocycles. The van der Waals surface area contributed by atoms with Gasteiger partial charge < -0.3 is 10.1 Å². The van der Waals surface area contributed by atoms with E-state index in [2.05, 4.69) is 41.5 Å². The highest BCUT2D eigenvalue weighted by Crippen LogP contribution is 2.50. The van der Waals surface area contributed by atoms with E-state index in [1.165, 1.54) is 36.8 Å². The lowest BCUT2D eigenvalue weighted by Gasteiger charge is -2.49. The Bertz CT molecular complexity index is 546. The smallest absolute Gasteiger partial charge is 0.285 e. The van der Waals surface area contributed by atoms with Crippen LogP contribution in [0.15, 0.2) is 29.3 Å². The average Bonchev–Trinajstić information content (AvgIpc) is 3.02. The lowest BCUT2D eigenvalue weighted by Crippen LogP contribution is -2.52. The lowest BCUT2D eigenvalue weighted by molar-refractivity contribution is 0.100. The van der Waals surface area contributed by atoms with Gasteiger partial charge in [-0.15, -0.1) is 0 Å². The van der Waals surface area contributed by atoms with Gasteiger partial charge in [0.25, 0.3) is 6.02 Å². The Balaban J connectivity index is 1.66. The molecule has 21 heavy (non-hydrogen) atoms. The molecular weight excluding hydrogens is 260 g/mol. The summed E-state index contributed by atoms with van der Waals surface area (Å²) < 4.78 is 5.62. The van der Waals surface area contributed by atoms with Crippen molar-refractivity contribution in [1.82, 2.24) is 5.32 Å². The van der Waals surface area contributed by atoms with Crippen molar-refractivity contribution in [3.05, 3.63) is 35.4 Å². The highest BCUT2D eigenvalue weighted by atomic mass is 16.5. The third kappa shape index (κ3) is 2.33. The highest BCUT2D eigenvalue weighted by Gasteiger charge is 2.45. The fourth-order valence-corrected chi connectivity index (χ4v) is 4.63. The molecule has 1 heterocycles. The Morgan fingerprint density at radius 3 is 2.57 bits per heavy atom. The van der Waals surface area contributed by atoms with E-state index in [0.29, 0.717) is 12.0 Å². The number of amidine groups is 1. The van der Waals surface area contributed by atoms with Gasteiger partial charge in [0, 0.05) is 12.0 Å². The van der Waals surface area contributed by atoms with Crippen LogP contribution in [-0.2, 0) is 4.74 Å². The molecule has 112 valence electrons. The minimum Gasteiger partial charge on any atom is -0.463 e. The maximum atomic E-state index is 5.62. The Kier molecular flexibility index (Phi) is 3.36. The molecule has 3 aliphatic carbocycles. The topological polar surface area (TPSA) is 33.6 Å². The number of rotatable bonds is 2. The highest BCUT2D eigenvalue weighted by molar-refractivity contribution is 5.75. The molecule has 0 spiro atoms. The minimum atomic E-state index is 0.496. The first kappa shape index (κ1) is 13.2. The van der Waals surface area contributed by atoms with Crippen molar-refractivity contribution in [2.45, 2.75) is 44.6 Å². The Morgan fingerprint density at radius 2 is 1.86 bits per heavy atom. The summed E-state index contributed by atoms with van der Waals surface area (Å²) in [5.74, 6) is 2.20. The zero-order valence-corrected chi connectivity index (χ0v) is 12.7. The summed E-state index contributed by atoms with van der Waals surface area (Å²) in [4.78, 5) is 4.45. The molecule has 3 fully saturated rings. The van der Waals surface area contributed by atoms with Crippen molar-refractivity contribution >= 4 is 6.02 Å². The largest absolute Gasteiger partial charge is 0.463 e. The van der Waals surface area contributed by atoms with Gasteiger partial charge in [-0.2, -0.15) is 0 Å². The van der Waals surface area contributed by atoms with Crippen LogP contribution in [0.5, 0.6) is 0 Å². The molecule has 0 aromatic heterocycles. The van der Waals surface area contributed by atoms with Crippen molar-refractivity contribution in [1.29, 1.82) is 0 Å². The van der Waals surface area contributed by atoms with Gasteiger partial charge in [-0.3, -0.25) is 0 Å². The van der Waals surface area contributed by atoms with E-state index in [9.17, 15) is 0 Å². The summed E-state index contributed by atoms with van der Waals surface area (Å²) in [7, 11) is 0. The van der Waals surface area contributed by atoms with Crippen molar-refractivity contribution in [3.8, 4) is 0 Å². The van der Waals surface area contributed by atoms with Gasteiger partial charge in [0.1, 0.15) is 6.61 Å². The minimum absolute atomic E-state index is 0.496. The Labute approximate surface area is 126 Å². The maximum Gasteiger partial charge on any atom is 0.285 e. The van der Waals surface area contributed by atoms with Crippen molar-refractivity contribution in [2.75, 3.05) is 13.2 Å². The van der Waals surface area contributed by atoms with Crippen LogP contribution in [0.1, 0.15) is 42.7 Å². The van der Waals surface area contributed by atoms with E-state index >= 15 is 0 Å². The number of nitrogens with one attached hydrogen (secondary N) is 1. The third-order valence-electron chi connectivity index (χ3n) is 5.64. The first-order chi connectivity index (χ1) is 10.3. The van der Waals surface area contributed by atoms with E-state index in [1.807, 2.05) is 0 Å². The number of aryl methyl sites for hydroxylation is 1. The number of fused-ring (bicyclic) bond motifs is 3. The molecule has 2 unspecified atom stereocenters. The van der Waals surface area contributed by atoms with Crippen LogP contribution in [0.3, 0.4) is 0 Å². The second-order valence-corrected chi connectivity index (χ2v) is 6.76. The van der Waals surface area contributed by atoms with Crippen LogP contribution in [0.25, 0.3) is 0 Å². The van der Waals surface area contributed by atoms with Gasteiger partial charge in [-0.1, -0.05) is 24.3 Å². The zero-order chi connectivity index (χ0) is 14.2. The molecule has 3 nitrogen and oxygen atoms in total. The van der Waals surface area contributed by atoms with E-state index in [0.717, 1.165) is 31.0 Å². The summed E-state index contributed by atoms with van der Waals surface area (Å²) in [6.07, 6.45) is 5.49. The van der Waals surface area contributed by atoms with Gasteiger partial charge in [-0.05, 0) is 55.6 Å². The van der Waals surface area contributed by atoms with Crippen LogP contribution in [0.4, 0.5) is 0 Å².